The average molecular weight is 300 g/mol. The van der Waals surface area contributed by atoms with E-state index in [1.54, 1.807) is 10.8 Å². The van der Waals surface area contributed by atoms with Crippen molar-refractivity contribution in [3.63, 3.8) is 0 Å². The smallest absolute Gasteiger partial charge is 0.147 e. The van der Waals surface area contributed by atoms with E-state index in [2.05, 4.69) is 4.98 Å². The molecule has 0 bridgehead atoms. The van der Waals surface area contributed by atoms with E-state index in [1.165, 1.54) is 0 Å². The van der Waals surface area contributed by atoms with Gasteiger partial charge in [-0.15, -0.1) is 0 Å². The first kappa shape index (κ1) is 14.2. The van der Waals surface area contributed by atoms with Crippen LogP contribution in [0.2, 0.25) is 10.2 Å². The lowest BCUT2D eigenvalue weighted by molar-refractivity contribution is 0.292. The number of nitrogens with zero attached hydrogens (tertiary/aromatic N) is 2. The van der Waals surface area contributed by atoms with E-state index in [9.17, 15) is 0 Å². The minimum absolute atomic E-state index is 0.0557. The van der Waals surface area contributed by atoms with Crippen LogP contribution in [0.5, 0.6) is 5.75 Å². The largest absolute Gasteiger partial charge is 0.484 e. The summed E-state index contributed by atoms with van der Waals surface area (Å²) in [7, 11) is 1.83. The van der Waals surface area contributed by atoms with Crippen LogP contribution in [0.15, 0.2) is 24.4 Å². The molecule has 1 aromatic heterocycles. The highest BCUT2D eigenvalue weighted by molar-refractivity contribution is 6.32. The van der Waals surface area contributed by atoms with Crippen LogP contribution in [0.4, 0.5) is 0 Å². The maximum absolute atomic E-state index is 6.15. The van der Waals surface area contributed by atoms with Crippen molar-refractivity contribution in [3.05, 3.63) is 46.0 Å². The molecule has 2 rings (SSSR count). The predicted octanol–water partition coefficient (Wildman–Crippen LogP) is 3.33. The minimum Gasteiger partial charge on any atom is -0.484 e. The van der Waals surface area contributed by atoms with Gasteiger partial charge in [0, 0.05) is 13.1 Å². The van der Waals surface area contributed by atoms with Crippen LogP contribution in [0.1, 0.15) is 24.4 Å². The summed E-state index contributed by atoms with van der Waals surface area (Å²) in [5.74, 6) is 1.34. The van der Waals surface area contributed by atoms with Crippen molar-refractivity contribution in [2.45, 2.75) is 19.6 Å². The molecule has 1 heterocycles. The molecular weight excluding hydrogens is 285 g/mol. The second kappa shape index (κ2) is 5.82. The van der Waals surface area contributed by atoms with Crippen LogP contribution in [-0.4, -0.2) is 9.55 Å². The van der Waals surface area contributed by atoms with Crippen molar-refractivity contribution in [1.82, 2.24) is 9.55 Å². The normalized spacial score (nSPS) is 12.5. The fourth-order valence-corrected chi connectivity index (χ4v) is 2.01. The van der Waals surface area contributed by atoms with E-state index >= 15 is 0 Å². The predicted molar refractivity (Wildman–Crippen MR) is 76.6 cm³/mol. The fourth-order valence-electron chi connectivity index (χ4n) is 1.62. The van der Waals surface area contributed by atoms with Crippen LogP contribution >= 0.6 is 23.2 Å². The Balaban J connectivity index is 2.10. The second-order valence-electron chi connectivity index (χ2n) is 4.32. The van der Waals surface area contributed by atoms with Gasteiger partial charge in [0.25, 0.3) is 0 Å². The monoisotopic (exact) mass is 299 g/mol. The van der Waals surface area contributed by atoms with Crippen LogP contribution in [0.25, 0.3) is 0 Å². The average Bonchev–Trinajstić information content (AvgIpc) is 2.68. The minimum atomic E-state index is -0.0557. The molecule has 102 valence electrons. The van der Waals surface area contributed by atoms with E-state index in [0.717, 1.165) is 11.4 Å². The SMILES string of the molecule is CC(N)c1ccc(OCc2ncc(Cl)n2C)c(Cl)c1. The Labute approximate surface area is 122 Å². The molecule has 1 aromatic carbocycles. The Morgan fingerprint density at radius 3 is 2.68 bits per heavy atom. The highest BCUT2D eigenvalue weighted by atomic mass is 35.5. The number of imidazole rings is 1. The molecule has 4 nitrogen and oxygen atoms in total. The van der Waals surface area contributed by atoms with Crippen molar-refractivity contribution < 1.29 is 4.74 Å². The number of rotatable bonds is 4. The number of hydrogen-bond donors (Lipinski definition) is 1. The Morgan fingerprint density at radius 2 is 2.16 bits per heavy atom. The molecule has 19 heavy (non-hydrogen) atoms. The molecule has 2 aromatic rings. The molecule has 0 saturated carbocycles. The van der Waals surface area contributed by atoms with Gasteiger partial charge in [0.05, 0.1) is 11.2 Å². The highest BCUT2D eigenvalue weighted by Crippen LogP contribution is 2.28. The fraction of sp³-hybridized carbons (Fsp3) is 0.308. The summed E-state index contributed by atoms with van der Waals surface area (Å²) in [5, 5.41) is 1.10. The molecule has 0 amide bonds. The van der Waals surface area contributed by atoms with Gasteiger partial charge in [-0.2, -0.15) is 0 Å². The molecule has 0 aliphatic rings. The summed E-state index contributed by atoms with van der Waals surface area (Å²) in [6.45, 7) is 2.21. The number of hydrogen-bond acceptors (Lipinski definition) is 3. The zero-order valence-corrected chi connectivity index (χ0v) is 12.2. The first-order valence-corrected chi connectivity index (χ1v) is 6.58. The molecule has 0 saturated heterocycles. The maximum Gasteiger partial charge on any atom is 0.147 e. The topological polar surface area (TPSA) is 53.1 Å². The third kappa shape index (κ3) is 3.21. The van der Waals surface area contributed by atoms with Gasteiger partial charge in [-0.3, -0.25) is 0 Å². The number of benzene rings is 1. The number of aromatic nitrogens is 2. The molecule has 0 fully saturated rings. The Hall–Kier alpha value is -1.23. The van der Waals surface area contributed by atoms with Gasteiger partial charge < -0.3 is 15.0 Å². The van der Waals surface area contributed by atoms with Gasteiger partial charge in [-0.1, -0.05) is 29.3 Å². The van der Waals surface area contributed by atoms with Gasteiger partial charge in [-0.25, -0.2) is 4.98 Å². The second-order valence-corrected chi connectivity index (χ2v) is 5.12. The van der Waals surface area contributed by atoms with E-state index in [4.69, 9.17) is 33.7 Å². The Morgan fingerprint density at radius 1 is 1.42 bits per heavy atom. The van der Waals surface area contributed by atoms with Crippen LogP contribution in [0, 0.1) is 0 Å². The molecular formula is C13H15Cl2N3O. The number of ether oxygens (including phenoxy) is 1. The van der Waals surface area contributed by atoms with Gasteiger partial charge in [0.1, 0.15) is 23.3 Å². The van der Waals surface area contributed by atoms with Crippen molar-refractivity contribution in [1.29, 1.82) is 0 Å². The van der Waals surface area contributed by atoms with Crippen molar-refractivity contribution in [2.24, 2.45) is 12.8 Å². The zero-order valence-electron chi connectivity index (χ0n) is 10.7. The summed E-state index contributed by atoms with van der Waals surface area (Å²) in [4.78, 5) is 4.15. The summed E-state index contributed by atoms with van der Waals surface area (Å²) in [5.41, 5.74) is 6.76. The Bertz CT molecular complexity index is 581. The summed E-state index contributed by atoms with van der Waals surface area (Å²) in [6.07, 6.45) is 1.58. The van der Waals surface area contributed by atoms with Crippen LogP contribution in [0.3, 0.4) is 0 Å². The van der Waals surface area contributed by atoms with E-state index in [-0.39, 0.29) is 6.04 Å². The summed E-state index contributed by atoms with van der Waals surface area (Å²) < 4.78 is 7.39. The van der Waals surface area contributed by atoms with Gasteiger partial charge >= 0.3 is 0 Å². The molecule has 2 N–H and O–H groups in total. The van der Waals surface area contributed by atoms with Gasteiger partial charge in [0.2, 0.25) is 0 Å². The van der Waals surface area contributed by atoms with Crippen molar-refractivity contribution >= 4 is 23.2 Å². The van der Waals surface area contributed by atoms with Crippen LogP contribution in [-0.2, 0) is 13.7 Å². The maximum atomic E-state index is 6.15. The quantitative estimate of drug-likeness (QED) is 0.942. The third-order valence-electron chi connectivity index (χ3n) is 2.87. The lowest BCUT2D eigenvalue weighted by atomic mass is 10.1. The summed E-state index contributed by atoms with van der Waals surface area (Å²) >= 11 is 12.1. The highest BCUT2D eigenvalue weighted by Gasteiger charge is 2.09. The van der Waals surface area contributed by atoms with Gasteiger partial charge in [-0.05, 0) is 24.6 Å². The summed E-state index contributed by atoms with van der Waals surface area (Å²) in [6, 6.07) is 5.47. The molecule has 1 unspecified atom stereocenters. The standard InChI is InChI=1S/C13H15Cl2N3O/c1-8(16)9-3-4-11(10(14)5-9)19-7-13-17-6-12(15)18(13)2/h3-6,8H,7,16H2,1-2H3. The van der Waals surface area contributed by atoms with E-state index in [1.807, 2.05) is 32.2 Å². The lowest BCUT2D eigenvalue weighted by Crippen LogP contribution is -2.06. The first-order chi connectivity index (χ1) is 8.99. The molecule has 1 atom stereocenters. The number of halogens is 2. The number of nitrogens with two attached hydrogens (primary N) is 1. The zero-order chi connectivity index (χ0) is 14.0. The van der Waals surface area contributed by atoms with E-state index in [0.29, 0.717) is 22.5 Å². The molecule has 0 aliphatic heterocycles. The Kier molecular flexibility index (Phi) is 4.34. The molecule has 0 radical (unpaired) electrons. The van der Waals surface area contributed by atoms with E-state index < -0.39 is 0 Å². The third-order valence-corrected chi connectivity index (χ3v) is 3.51. The van der Waals surface area contributed by atoms with Crippen molar-refractivity contribution in [2.75, 3.05) is 0 Å². The first-order valence-electron chi connectivity index (χ1n) is 5.83. The van der Waals surface area contributed by atoms with Gasteiger partial charge in [0.15, 0.2) is 0 Å². The van der Waals surface area contributed by atoms with Crippen molar-refractivity contribution in [3.8, 4) is 5.75 Å². The lowest BCUT2D eigenvalue weighted by Gasteiger charge is -2.11. The molecule has 0 spiro atoms. The molecule has 6 heteroatoms. The van der Waals surface area contributed by atoms with Crippen LogP contribution < -0.4 is 10.5 Å². The molecule has 0 aliphatic carbocycles.